The van der Waals surface area contributed by atoms with Crippen molar-refractivity contribution in [3.8, 4) is 6.07 Å². The lowest BCUT2D eigenvalue weighted by atomic mass is 10.1. The summed E-state index contributed by atoms with van der Waals surface area (Å²) in [6.07, 6.45) is 1.54. The summed E-state index contributed by atoms with van der Waals surface area (Å²) >= 11 is 0. The molecule has 0 fully saturated rings. The molecule has 0 unspecified atom stereocenters. The van der Waals surface area contributed by atoms with Crippen molar-refractivity contribution in [2.75, 3.05) is 6.61 Å². The molecule has 0 spiro atoms. The molecule has 0 aliphatic rings. The lowest BCUT2D eigenvalue weighted by Gasteiger charge is -2.05. The van der Waals surface area contributed by atoms with Crippen LogP contribution in [-0.2, 0) is 19.1 Å². The fourth-order valence-electron chi connectivity index (χ4n) is 1.04. The smallest absolute Gasteiger partial charge is 0.334 e. The van der Waals surface area contributed by atoms with Gasteiger partial charge in [-0.1, -0.05) is 6.08 Å². The van der Waals surface area contributed by atoms with Gasteiger partial charge in [-0.15, -0.1) is 0 Å². The van der Waals surface area contributed by atoms with Gasteiger partial charge >= 0.3 is 5.97 Å². The van der Waals surface area contributed by atoms with Crippen LogP contribution in [0.3, 0.4) is 0 Å². The second-order valence-electron chi connectivity index (χ2n) is 3.56. The fourth-order valence-corrected chi connectivity index (χ4v) is 1.04. The number of Topliss-reactive ketones (excluding diaryl/α,β-unsaturated/α-hetero) is 2. The summed E-state index contributed by atoms with van der Waals surface area (Å²) in [4.78, 5) is 33.2. The van der Waals surface area contributed by atoms with Gasteiger partial charge in [0.05, 0.1) is 12.5 Å². The third kappa shape index (κ3) is 7.91. The van der Waals surface area contributed by atoms with Crippen molar-refractivity contribution in [2.45, 2.75) is 33.1 Å². The molecular formula is C12H15NO4. The number of nitrogens with zero attached hydrogens (tertiary/aromatic N) is 1. The number of nitriles is 1. The second kappa shape index (κ2) is 8.22. The maximum absolute atomic E-state index is 11.5. The van der Waals surface area contributed by atoms with Crippen LogP contribution in [0.5, 0.6) is 0 Å². The first-order valence-electron chi connectivity index (χ1n) is 5.19. The molecule has 0 radical (unpaired) electrons. The van der Waals surface area contributed by atoms with Crippen LogP contribution in [0.2, 0.25) is 0 Å². The molecule has 0 heterocycles. The van der Waals surface area contributed by atoms with Crippen molar-refractivity contribution in [2.24, 2.45) is 0 Å². The minimum Gasteiger partial charge on any atom is -0.461 e. The van der Waals surface area contributed by atoms with Crippen molar-refractivity contribution in [1.82, 2.24) is 0 Å². The Bertz CT molecular complexity index is 376. The average molecular weight is 237 g/mol. The zero-order valence-corrected chi connectivity index (χ0v) is 9.99. The Morgan fingerprint density at radius 2 is 1.88 bits per heavy atom. The maximum atomic E-state index is 11.5. The predicted octanol–water partition coefficient (Wildman–Crippen LogP) is 1.33. The third-order valence-corrected chi connectivity index (χ3v) is 1.78. The van der Waals surface area contributed by atoms with Gasteiger partial charge in [-0.3, -0.25) is 9.59 Å². The molecule has 0 aromatic rings. The van der Waals surface area contributed by atoms with Gasteiger partial charge in [-0.2, -0.15) is 5.26 Å². The van der Waals surface area contributed by atoms with E-state index in [9.17, 15) is 14.4 Å². The van der Waals surface area contributed by atoms with Crippen LogP contribution < -0.4 is 0 Å². The number of carbonyl (C=O) groups excluding carboxylic acids is 3. The standard InChI is InChI=1S/C12H15NO4/c1-9(14)4-5-11(8-10(2)15)12(16)17-7-3-6-13/h5H,3-4,7-8H2,1-2H3. The Balaban J connectivity index is 4.51. The van der Waals surface area contributed by atoms with Crippen LogP contribution in [0.4, 0.5) is 0 Å². The van der Waals surface area contributed by atoms with E-state index < -0.39 is 5.97 Å². The summed E-state index contributed by atoms with van der Waals surface area (Å²) < 4.78 is 4.78. The molecule has 0 saturated heterocycles. The van der Waals surface area contributed by atoms with Crippen molar-refractivity contribution in [1.29, 1.82) is 5.26 Å². The first-order chi connectivity index (χ1) is 7.97. The van der Waals surface area contributed by atoms with Gasteiger partial charge in [-0.05, 0) is 13.8 Å². The number of hydrogen-bond donors (Lipinski definition) is 0. The highest BCUT2D eigenvalue weighted by molar-refractivity contribution is 5.95. The van der Waals surface area contributed by atoms with Gasteiger partial charge in [-0.25, -0.2) is 4.79 Å². The zero-order valence-electron chi connectivity index (χ0n) is 9.99. The summed E-state index contributed by atoms with van der Waals surface area (Å²) in [6, 6.07) is 1.84. The van der Waals surface area contributed by atoms with Gasteiger partial charge in [0, 0.05) is 18.4 Å². The Kier molecular flexibility index (Phi) is 7.27. The quantitative estimate of drug-likeness (QED) is 0.379. The molecule has 0 aliphatic heterocycles. The average Bonchev–Trinajstić information content (AvgIpc) is 2.23. The van der Waals surface area contributed by atoms with Gasteiger partial charge in [0.15, 0.2) is 0 Å². The number of esters is 1. The van der Waals surface area contributed by atoms with Gasteiger partial charge in [0.1, 0.15) is 18.2 Å². The molecule has 5 heteroatoms. The van der Waals surface area contributed by atoms with Crippen molar-refractivity contribution >= 4 is 17.5 Å². The van der Waals surface area contributed by atoms with E-state index in [-0.39, 0.29) is 43.0 Å². The molecule has 17 heavy (non-hydrogen) atoms. The number of allylic oxidation sites excluding steroid dienone is 1. The largest absolute Gasteiger partial charge is 0.461 e. The van der Waals surface area contributed by atoms with Gasteiger partial charge in [0.25, 0.3) is 0 Å². The van der Waals surface area contributed by atoms with Gasteiger partial charge in [0.2, 0.25) is 0 Å². The highest BCUT2D eigenvalue weighted by Gasteiger charge is 2.13. The van der Waals surface area contributed by atoms with Crippen molar-refractivity contribution in [3.63, 3.8) is 0 Å². The molecular weight excluding hydrogens is 222 g/mol. The predicted molar refractivity (Wildman–Crippen MR) is 59.9 cm³/mol. The molecule has 0 rings (SSSR count). The first-order valence-corrected chi connectivity index (χ1v) is 5.19. The Morgan fingerprint density at radius 1 is 1.24 bits per heavy atom. The lowest BCUT2D eigenvalue weighted by Crippen LogP contribution is -2.12. The van der Waals surface area contributed by atoms with E-state index in [1.54, 1.807) is 0 Å². The Labute approximate surface area is 100 Å². The highest BCUT2D eigenvalue weighted by Crippen LogP contribution is 2.07. The van der Waals surface area contributed by atoms with Crippen LogP contribution in [0, 0.1) is 11.3 Å². The van der Waals surface area contributed by atoms with E-state index in [2.05, 4.69) is 0 Å². The SMILES string of the molecule is CC(=O)CC=C(CC(C)=O)C(=O)OCCC#N. The fraction of sp³-hybridized carbons (Fsp3) is 0.500. The Hall–Kier alpha value is -1.96. The third-order valence-electron chi connectivity index (χ3n) is 1.78. The summed E-state index contributed by atoms with van der Waals surface area (Å²) in [6.45, 7) is 2.73. The highest BCUT2D eigenvalue weighted by atomic mass is 16.5. The van der Waals surface area contributed by atoms with Crippen molar-refractivity contribution < 1.29 is 19.1 Å². The molecule has 0 bridgehead atoms. The number of hydrogen-bond acceptors (Lipinski definition) is 5. The van der Waals surface area contributed by atoms with Gasteiger partial charge < -0.3 is 4.74 Å². The van der Waals surface area contributed by atoms with E-state index in [0.29, 0.717) is 0 Å². The molecule has 0 saturated carbocycles. The Morgan fingerprint density at radius 3 is 2.35 bits per heavy atom. The van der Waals surface area contributed by atoms with E-state index >= 15 is 0 Å². The molecule has 0 aromatic heterocycles. The summed E-state index contributed by atoms with van der Waals surface area (Å²) in [5.74, 6) is -0.926. The molecule has 0 aromatic carbocycles. The number of ether oxygens (including phenoxy) is 1. The lowest BCUT2D eigenvalue weighted by molar-refractivity contribution is -0.139. The topological polar surface area (TPSA) is 84.2 Å². The number of carbonyl (C=O) groups is 3. The summed E-state index contributed by atoms with van der Waals surface area (Å²) in [5, 5.41) is 8.28. The molecule has 0 amide bonds. The second-order valence-corrected chi connectivity index (χ2v) is 3.56. The van der Waals surface area contributed by atoms with E-state index in [0.717, 1.165) is 0 Å². The van der Waals surface area contributed by atoms with Crippen LogP contribution in [0.25, 0.3) is 0 Å². The van der Waals surface area contributed by atoms with Crippen LogP contribution in [0.15, 0.2) is 11.6 Å². The monoisotopic (exact) mass is 237 g/mol. The van der Waals surface area contributed by atoms with Crippen LogP contribution >= 0.6 is 0 Å². The molecule has 0 atom stereocenters. The van der Waals surface area contributed by atoms with E-state index in [1.165, 1.54) is 19.9 Å². The van der Waals surface area contributed by atoms with E-state index in [4.69, 9.17) is 10.00 Å². The number of ketones is 2. The molecule has 92 valence electrons. The maximum Gasteiger partial charge on any atom is 0.334 e. The molecule has 0 aliphatic carbocycles. The zero-order chi connectivity index (χ0) is 13.3. The van der Waals surface area contributed by atoms with E-state index in [1.807, 2.05) is 6.07 Å². The molecule has 5 nitrogen and oxygen atoms in total. The minimum absolute atomic E-state index is 0.00928. The van der Waals surface area contributed by atoms with Crippen LogP contribution in [-0.4, -0.2) is 24.1 Å². The summed E-state index contributed by atoms with van der Waals surface area (Å²) in [7, 11) is 0. The number of rotatable bonds is 7. The molecule has 0 N–H and O–H groups in total. The minimum atomic E-state index is -0.642. The normalized spacial score (nSPS) is 10.5. The van der Waals surface area contributed by atoms with Crippen LogP contribution in [0.1, 0.15) is 33.1 Å². The first kappa shape index (κ1) is 15.0. The summed E-state index contributed by atoms with van der Waals surface area (Å²) in [5.41, 5.74) is 0.172. The van der Waals surface area contributed by atoms with Crippen molar-refractivity contribution in [3.05, 3.63) is 11.6 Å².